The minimum Gasteiger partial charge on any atom is -0.488 e. The lowest BCUT2D eigenvalue weighted by Gasteiger charge is -2.42. The number of amides is 1. The number of Topliss-reactive ketones (excluding diaryl/α,β-unsaturated/α-hetero) is 1. The van der Waals surface area contributed by atoms with Gasteiger partial charge in [0.25, 0.3) is 0 Å². The number of halogens is 3. The van der Waals surface area contributed by atoms with Gasteiger partial charge in [-0.25, -0.2) is 4.79 Å². The van der Waals surface area contributed by atoms with E-state index in [-0.39, 0.29) is 35.8 Å². The van der Waals surface area contributed by atoms with E-state index in [2.05, 4.69) is 0 Å². The standard InChI is InChI=1S/C21H22Cl3NO5S/c1-20(2,3)15(26)9-13-17(27)25-16(19(28)30-11-21(22,23)24)14(31-18(13)25)10-29-12-7-5-4-6-8-12/h4-8,13,18H,9-11H2,1-3H3/t13-,18-/m1/s1. The molecule has 2 aliphatic heterocycles. The lowest BCUT2D eigenvalue weighted by molar-refractivity contribution is -0.155. The van der Waals surface area contributed by atoms with Crippen LogP contribution in [-0.2, 0) is 19.1 Å². The highest BCUT2D eigenvalue weighted by Gasteiger charge is 2.57. The number of rotatable bonds is 7. The molecule has 0 bridgehead atoms. The molecule has 1 aromatic rings. The van der Waals surface area contributed by atoms with Crippen molar-refractivity contribution in [1.82, 2.24) is 4.90 Å². The second kappa shape index (κ2) is 9.22. The second-order valence-corrected chi connectivity index (χ2v) is 12.0. The number of nitrogens with zero attached hydrogens (tertiary/aromatic N) is 1. The van der Waals surface area contributed by atoms with Crippen molar-refractivity contribution < 1.29 is 23.9 Å². The first kappa shape index (κ1) is 24.2. The molecule has 0 saturated carbocycles. The Kier molecular flexibility index (Phi) is 7.21. The Hall–Kier alpha value is -1.41. The normalized spacial score (nSPS) is 21.0. The van der Waals surface area contributed by atoms with Gasteiger partial charge in [-0.05, 0) is 12.1 Å². The van der Waals surface area contributed by atoms with Gasteiger partial charge in [-0.15, -0.1) is 0 Å². The minimum atomic E-state index is -1.78. The maximum Gasteiger partial charge on any atom is 0.356 e. The van der Waals surface area contributed by atoms with Gasteiger partial charge in [0.2, 0.25) is 9.70 Å². The lowest BCUT2D eigenvalue weighted by Crippen LogP contribution is -2.58. The molecule has 6 nitrogen and oxygen atoms in total. The summed E-state index contributed by atoms with van der Waals surface area (Å²) in [7, 11) is 0. The third-order valence-electron chi connectivity index (χ3n) is 4.84. The molecule has 10 heteroatoms. The van der Waals surface area contributed by atoms with Crippen molar-refractivity contribution in [3.63, 3.8) is 0 Å². The molecule has 0 N–H and O–H groups in total. The van der Waals surface area contributed by atoms with Gasteiger partial charge in [-0.3, -0.25) is 14.5 Å². The van der Waals surface area contributed by atoms with Gasteiger partial charge in [0, 0.05) is 11.8 Å². The molecular weight excluding hydrogens is 485 g/mol. The number of ether oxygens (including phenoxy) is 2. The van der Waals surface area contributed by atoms with E-state index < -0.39 is 27.7 Å². The van der Waals surface area contributed by atoms with Crippen LogP contribution >= 0.6 is 46.6 Å². The Morgan fingerprint density at radius 2 is 1.77 bits per heavy atom. The zero-order valence-corrected chi connectivity index (χ0v) is 20.3. The predicted molar refractivity (Wildman–Crippen MR) is 121 cm³/mol. The van der Waals surface area contributed by atoms with E-state index >= 15 is 0 Å². The maximum atomic E-state index is 12.8. The first-order valence-corrected chi connectivity index (χ1v) is 11.6. The number of hydrogen-bond acceptors (Lipinski definition) is 6. The SMILES string of the molecule is CC(C)(C)C(=O)C[C@@H]1C(=O)N2C(C(=O)OCC(Cl)(Cl)Cl)=C(COc3ccccc3)S[C@H]12. The molecule has 0 aromatic heterocycles. The van der Waals surface area contributed by atoms with Crippen LogP contribution in [0.5, 0.6) is 5.75 Å². The third-order valence-corrected chi connectivity index (χ3v) is 6.54. The van der Waals surface area contributed by atoms with Crippen LogP contribution in [0.2, 0.25) is 0 Å². The van der Waals surface area contributed by atoms with Crippen molar-refractivity contribution in [3.8, 4) is 5.75 Å². The van der Waals surface area contributed by atoms with E-state index in [0.717, 1.165) is 0 Å². The van der Waals surface area contributed by atoms with Crippen LogP contribution in [0.4, 0.5) is 0 Å². The van der Waals surface area contributed by atoms with Crippen LogP contribution in [0, 0.1) is 11.3 Å². The summed E-state index contributed by atoms with van der Waals surface area (Å²) in [6.07, 6.45) is 0.111. The molecular formula is C21H22Cl3NO5S. The fourth-order valence-electron chi connectivity index (χ4n) is 3.12. The van der Waals surface area contributed by atoms with Crippen molar-refractivity contribution in [2.24, 2.45) is 11.3 Å². The monoisotopic (exact) mass is 505 g/mol. The number of para-hydroxylation sites is 1. The van der Waals surface area contributed by atoms with Gasteiger partial charge in [0.05, 0.1) is 16.2 Å². The average Bonchev–Trinajstić information content (AvgIpc) is 3.03. The number of esters is 1. The number of ketones is 1. The van der Waals surface area contributed by atoms with Gasteiger partial charge in [-0.2, -0.15) is 0 Å². The molecule has 0 spiro atoms. The molecule has 168 valence electrons. The van der Waals surface area contributed by atoms with Gasteiger partial charge in [0.15, 0.2) is 0 Å². The Morgan fingerprint density at radius 3 is 2.35 bits per heavy atom. The number of fused-ring (bicyclic) bond motifs is 1. The van der Waals surface area contributed by atoms with E-state index in [9.17, 15) is 14.4 Å². The zero-order chi connectivity index (χ0) is 23.0. The zero-order valence-electron chi connectivity index (χ0n) is 17.2. The van der Waals surface area contributed by atoms with Gasteiger partial charge >= 0.3 is 5.97 Å². The van der Waals surface area contributed by atoms with Crippen LogP contribution in [0.15, 0.2) is 40.9 Å². The highest BCUT2D eigenvalue weighted by Crippen LogP contribution is 2.51. The predicted octanol–water partition coefficient (Wildman–Crippen LogP) is 4.73. The summed E-state index contributed by atoms with van der Waals surface area (Å²) in [6.45, 7) is 5.04. The minimum absolute atomic E-state index is 0.0135. The highest BCUT2D eigenvalue weighted by atomic mass is 35.6. The van der Waals surface area contributed by atoms with Crippen LogP contribution in [0.3, 0.4) is 0 Å². The summed E-state index contributed by atoms with van der Waals surface area (Å²) in [5.74, 6) is -0.987. The number of hydrogen-bond donors (Lipinski definition) is 0. The molecule has 2 atom stereocenters. The van der Waals surface area contributed by atoms with E-state index in [1.165, 1.54) is 16.7 Å². The molecule has 0 unspecified atom stereocenters. The smallest absolute Gasteiger partial charge is 0.356 e. The van der Waals surface area contributed by atoms with Crippen molar-refractivity contribution >= 4 is 64.2 Å². The van der Waals surface area contributed by atoms with Crippen molar-refractivity contribution in [2.45, 2.75) is 36.4 Å². The molecule has 1 saturated heterocycles. The number of carbonyl (C=O) groups is 3. The number of β-lactam (4-membered cyclic amide) rings is 1. The summed E-state index contributed by atoms with van der Waals surface area (Å²) in [5, 5.41) is -0.372. The maximum absolute atomic E-state index is 12.8. The molecule has 1 amide bonds. The largest absolute Gasteiger partial charge is 0.488 e. The molecule has 1 fully saturated rings. The molecule has 31 heavy (non-hydrogen) atoms. The summed E-state index contributed by atoms with van der Waals surface area (Å²) in [4.78, 5) is 39.9. The molecule has 1 aromatic carbocycles. The molecule has 0 radical (unpaired) electrons. The third kappa shape index (κ3) is 5.69. The molecule has 0 aliphatic carbocycles. The fraction of sp³-hybridized carbons (Fsp3) is 0.476. The van der Waals surface area contributed by atoms with Crippen molar-refractivity contribution in [1.29, 1.82) is 0 Å². The van der Waals surface area contributed by atoms with Gasteiger partial charge in [-0.1, -0.05) is 85.5 Å². The van der Waals surface area contributed by atoms with E-state index in [1.54, 1.807) is 12.1 Å². The first-order chi connectivity index (χ1) is 14.4. The molecule has 3 rings (SSSR count). The Bertz CT molecular complexity index is 908. The first-order valence-electron chi connectivity index (χ1n) is 9.56. The van der Waals surface area contributed by atoms with E-state index in [0.29, 0.717) is 10.7 Å². The van der Waals surface area contributed by atoms with Crippen LogP contribution in [-0.4, -0.2) is 44.9 Å². The summed E-state index contributed by atoms with van der Waals surface area (Å²) < 4.78 is 9.12. The number of thioether (sulfide) groups is 1. The quantitative estimate of drug-likeness (QED) is 0.302. The number of benzene rings is 1. The summed E-state index contributed by atoms with van der Waals surface area (Å²) in [6, 6.07) is 9.08. The highest BCUT2D eigenvalue weighted by molar-refractivity contribution is 8.04. The average molecular weight is 507 g/mol. The van der Waals surface area contributed by atoms with E-state index in [1.807, 2.05) is 39.0 Å². The van der Waals surface area contributed by atoms with Crippen molar-refractivity contribution in [3.05, 3.63) is 40.9 Å². The van der Waals surface area contributed by atoms with Crippen molar-refractivity contribution in [2.75, 3.05) is 13.2 Å². The Labute approximate surface area is 200 Å². The fourth-order valence-corrected chi connectivity index (χ4v) is 4.69. The lowest BCUT2D eigenvalue weighted by atomic mass is 9.82. The summed E-state index contributed by atoms with van der Waals surface area (Å²) in [5.41, 5.74) is -0.479. The molecule has 2 heterocycles. The number of carbonyl (C=O) groups excluding carboxylic acids is 3. The van der Waals surface area contributed by atoms with Gasteiger partial charge in [0.1, 0.15) is 30.4 Å². The second-order valence-electron chi connectivity index (χ2n) is 8.27. The topological polar surface area (TPSA) is 72.9 Å². The van der Waals surface area contributed by atoms with E-state index in [4.69, 9.17) is 44.3 Å². The Balaban J connectivity index is 1.78. The van der Waals surface area contributed by atoms with Crippen LogP contribution in [0.1, 0.15) is 27.2 Å². The van der Waals surface area contributed by atoms with Gasteiger partial charge < -0.3 is 9.47 Å². The Morgan fingerprint density at radius 1 is 1.13 bits per heavy atom. The summed E-state index contributed by atoms with van der Waals surface area (Å²) >= 11 is 18.4. The number of alkyl halides is 3. The van der Waals surface area contributed by atoms with Crippen LogP contribution < -0.4 is 4.74 Å². The van der Waals surface area contributed by atoms with Crippen LogP contribution in [0.25, 0.3) is 0 Å². The molecule has 2 aliphatic rings.